The van der Waals surface area contributed by atoms with Gasteiger partial charge in [-0.3, -0.25) is 9.69 Å². The number of nitrogens with zero attached hydrogens (tertiary/aromatic N) is 2. The number of carbonyl (C=O) groups excluding carboxylic acids is 2. The Bertz CT molecular complexity index is 794. The Hall–Kier alpha value is -3.06. The zero-order valence-corrected chi connectivity index (χ0v) is 15.8. The molecule has 0 saturated carbocycles. The topological polar surface area (TPSA) is 79.3 Å². The number of aliphatic hydroxyl groups is 1. The molecule has 0 radical (unpaired) electrons. The molecule has 1 fully saturated rings. The number of hydrogen-bond donors (Lipinski definition) is 1. The first-order chi connectivity index (χ1) is 13.5. The van der Waals surface area contributed by atoms with Gasteiger partial charge in [0.1, 0.15) is 18.9 Å². The van der Waals surface area contributed by atoms with Crippen LogP contribution in [0, 0.1) is 0 Å². The molecule has 148 valence electrons. The summed E-state index contributed by atoms with van der Waals surface area (Å²) in [5.74, 6) is 0.502. The number of hydrogen-bond acceptors (Lipinski definition) is 5. The van der Waals surface area contributed by atoms with E-state index in [0.717, 1.165) is 16.9 Å². The molecule has 1 aliphatic heterocycles. The Balaban J connectivity index is 1.59. The summed E-state index contributed by atoms with van der Waals surface area (Å²) < 4.78 is 10.4. The number of ether oxygens (including phenoxy) is 2. The molecular formula is C21H24N2O5. The monoisotopic (exact) mass is 384 g/mol. The van der Waals surface area contributed by atoms with Gasteiger partial charge in [0.15, 0.2) is 0 Å². The molecule has 2 aromatic rings. The summed E-state index contributed by atoms with van der Waals surface area (Å²) in [5.41, 5.74) is 1.78. The largest absolute Gasteiger partial charge is 0.497 e. The van der Waals surface area contributed by atoms with Crippen LogP contribution in [-0.2, 0) is 22.7 Å². The van der Waals surface area contributed by atoms with Gasteiger partial charge in [0.25, 0.3) is 0 Å². The zero-order valence-electron chi connectivity index (χ0n) is 15.8. The first-order valence-corrected chi connectivity index (χ1v) is 9.09. The molecule has 2 aromatic carbocycles. The second kappa shape index (κ2) is 9.23. The minimum absolute atomic E-state index is 0.0540. The molecule has 0 aromatic heterocycles. The van der Waals surface area contributed by atoms with Crippen LogP contribution in [0.1, 0.15) is 11.1 Å². The molecular weight excluding hydrogens is 360 g/mol. The van der Waals surface area contributed by atoms with Crippen LogP contribution in [0.3, 0.4) is 0 Å². The van der Waals surface area contributed by atoms with Gasteiger partial charge in [0, 0.05) is 13.1 Å². The fourth-order valence-electron chi connectivity index (χ4n) is 3.05. The van der Waals surface area contributed by atoms with Crippen LogP contribution >= 0.6 is 0 Å². The van der Waals surface area contributed by atoms with Gasteiger partial charge in [-0.15, -0.1) is 0 Å². The Morgan fingerprint density at radius 3 is 2.46 bits per heavy atom. The maximum atomic E-state index is 12.6. The molecule has 7 nitrogen and oxygen atoms in total. The maximum absolute atomic E-state index is 12.6. The number of carbonyl (C=O) groups is 2. The highest BCUT2D eigenvalue weighted by Gasteiger charge is 2.30. The summed E-state index contributed by atoms with van der Waals surface area (Å²) in [4.78, 5) is 27.8. The van der Waals surface area contributed by atoms with Crippen molar-refractivity contribution in [1.82, 2.24) is 9.80 Å². The third-order valence-corrected chi connectivity index (χ3v) is 4.54. The van der Waals surface area contributed by atoms with Crippen molar-refractivity contribution in [3.63, 3.8) is 0 Å². The van der Waals surface area contributed by atoms with Crippen LogP contribution in [-0.4, -0.2) is 59.8 Å². The quantitative estimate of drug-likeness (QED) is 0.853. The lowest BCUT2D eigenvalue weighted by Crippen LogP contribution is -2.39. The predicted octanol–water partition coefficient (Wildman–Crippen LogP) is 2.04. The van der Waals surface area contributed by atoms with E-state index < -0.39 is 12.2 Å². The molecule has 0 spiro atoms. The number of aliphatic hydroxyl groups excluding tert-OH is 1. The van der Waals surface area contributed by atoms with Crippen molar-refractivity contribution in [2.45, 2.75) is 19.3 Å². The Morgan fingerprint density at radius 1 is 1.07 bits per heavy atom. The Labute approximate surface area is 164 Å². The summed E-state index contributed by atoms with van der Waals surface area (Å²) in [6, 6.07) is 16.7. The number of rotatable bonds is 5. The lowest BCUT2D eigenvalue weighted by Gasteiger charge is -2.22. The van der Waals surface area contributed by atoms with Gasteiger partial charge in [0.05, 0.1) is 19.8 Å². The normalized spacial score (nSPS) is 17.2. The smallest absolute Gasteiger partial charge is 0.410 e. The molecule has 3 rings (SSSR count). The highest BCUT2D eigenvalue weighted by molar-refractivity contribution is 5.83. The van der Waals surface area contributed by atoms with Crippen LogP contribution in [0.25, 0.3) is 0 Å². The first-order valence-electron chi connectivity index (χ1n) is 9.09. The van der Waals surface area contributed by atoms with Crippen LogP contribution in [0.4, 0.5) is 4.79 Å². The highest BCUT2D eigenvalue weighted by atomic mass is 16.6. The SMILES string of the molecule is COc1ccc(CN2CC(O)CN(C(=O)OCc3ccccc3)CC2=O)cc1. The van der Waals surface area contributed by atoms with Gasteiger partial charge in [0.2, 0.25) is 5.91 Å². The number of β-amino-alcohol motifs (C(OH)–C–C–N with tert-alkyl or cyclic N) is 1. The van der Waals surface area contributed by atoms with Crippen molar-refractivity contribution in [3.8, 4) is 5.75 Å². The van der Waals surface area contributed by atoms with Crippen LogP contribution in [0.15, 0.2) is 54.6 Å². The average Bonchev–Trinajstić information content (AvgIpc) is 2.85. The summed E-state index contributed by atoms with van der Waals surface area (Å²) in [7, 11) is 1.59. The minimum atomic E-state index is -0.839. The van der Waals surface area contributed by atoms with Crippen molar-refractivity contribution in [2.75, 3.05) is 26.7 Å². The summed E-state index contributed by atoms with van der Waals surface area (Å²) in [6.07, 6.45) is -1.45. The van der Waals surface area contributed by atoms with E-state index in [1.165, 1.54) is 4.90 Å². The van der Waals surface area contributed by atoms with E-state index >= 15 is 0 Å². The second-order valence-corrected chi connectivity index (χ2v) is 6.70. The molecule has 1 heterocycles. The molecule has 0 bridgehead atoms. The minimum Gasteiger partial charge on any atom is -0.497 e. The molecule has 7 heteroatoms. The van der Waals surface area contributed by atoms with Crippen molar-refractivity contribution >= 4 is 12.0 Å². The second-order valence-electron chi connectivity index (χ2n) is 6.70. The van der Waals surface area contributed by atoms with Crippen LogP contribution in [0.2, 0.25) is 0 Å². The number of amides is 2. The van der Waals surface area contributed by atoms with Gasteiger partial charge in [-0.25, -0.2) is 4.79 Å². The van der Waals surface area contributed by atoms with Gasteiger partial charge in [-0.1, -0.05) is 42.5 Å². The van der Waals surface area contributed by atoms with E-state index in [4.69, 9.17) is 9.47 Å². The van der Waals surface area contributed by atoms with Gasteiger partial charge in [-0.2, -0.15) is 0 Å². The molecule has 0 aliphatic carbocycles. The summed E-state index contributed by atoms with van der Waals surface area (Å²) >= 11 is 0. The zero-order chi connectivity index (χ0) is 19.9. The van der Waals surface area contributed by atoms with E-state index in [-0.39, 0.29) is 32.1 Å². The van der Waals surface area contributed by atoms with Crippen molar-refractivity contribution < 1.29 is 24.2 Å². The summed E-state index contributed by atoms with van der Waals surface area (Å²) in [5, 5.41) is 10.3. The lowest BCUT2D eigenvalue weighted by molar-refractivity contribution is -0.132. The van der Waals surface area contributed by atoms with Gasteiger partial charge in [-0.05, 0) is 23.3 Å². The average molecular weight is 384 g/mol. The van der Waals surface area contributed by atoms with E-state index in [0.29, 0.717) is 6.54 Å². The van der Waals surface area contributed by atoms with Crippen molar-refractivity contribution in [1.29, 1.82) is 0 Å². The molecule has 1 atom stereocenters. The first kappa shape index (κ1) is 19.7. The molecule has 28 heavy (non-hydrogen) atoms. The molecule has 1 aliphatic rings. The van der Waals surface area contributed by atoms with Gasteiger partial charge < -0.3 is 19.5 Å². The molecule has 2 amide bonds. The van der Waals surface area contributed by atoms with E-state index in [1.54, 1.807) is 12.0 Å². The lowest BCUT2D eigenvalue weighted by atomic mass is 10.2. The maximum Gasteiger partial charge on any atom is 0.410 e. The fraction of sp³-hybridized carbons (Fsp3) is 0.333. The van der Waals surface area contributed by atoms with E-state index in [2.05, 4.69) is 0 Å². The van der Waals surface area contributed by atoms with Crippen molar-refractivity contribution in [2.24, 2.45) is 0 Å². The molecule has 1 N–H and O–H groups in total. The fourth-order valence-corrected chi connectivity index (χ4v) is 3.05. The number of benzene rings is 2. The Morgan fingerprint density at radius 2 is 1.79 bits per heavy atom. The predicted molar refractivity (Wildman–Crippen MR) is 103 cm³/mol. The molecule has 1 saturated heterocycles. The van der Waals surface area contributed by atoms with Gasteiger partial charge >= 0.3 is 6.09 Å². The highest BCUT2D eigenvalue weighted by Crippen LogP contribution is 2.15. The Kier molecular flexibility index (Phi) is 6.49. The van der Waals surface area contributed by atoms with Crippen LogP contribution < -0.4 is 4.74 Å². The molecule has 1 unspecified atom stereocenters. The van der Waals surface area contributed by atoms with Crippen molar-refractivity contribution in [3.05, 3.63) is 65.7 Å². The third kappa shape index (κ3) is 5.23. The number of methoxy groups -OCH3 is 1. The van der Waals surface area contributed by atoms with E-state index in [9.17, 15) is 14.7 Å². The third-order valence-electron chi connectivity index (χ3n) is 4.54. The summed E-state index contributed by atoms with van der Waals surface area (Å²) in [6.45, 7) is 0.565. The standard InChI is InChI=1S/C21H24N2O5/c1-27-19-9-7-16(8-10-19)11-22-12-18(24)13-23(14-20(22)25)21(26)28-15-17-5-3-2-4-6-17/h2-10,18,24H,11-15H2,1H3. The van der Waals surface area contributed by atoms with E-state index in [1.807, 2.05) is 54.6 Å². The van der Waals surface area contributed by atoms with Crippen LogP contribution in [0.5, 0.6) is 5.75 Å².